The third-order valence-corrected chi connectivity index (χ3v) is 5.18. The molecule has 2 N–H and O–H groups in total. The Kier molecular flexibility index (Phi) is 5.71. The van der Waals surface area contributed by atoms with E-state index in [1.54, 1.807) is 0 Å². The average Bonchev–Trinajstić information content (AvgIpc) is 2.83. The van der Waals surface area contributed by atoms with Gasteiger partial charge in [0.1, 0.15) is 5.75 Å². The van der Waals surface area contributed by atoms with Crippen molar-refractivity contribution in [1.82, 2.24) is 9.88 Å². The van der Waals surface area contributed by atoms with E-state index in [0.29, 0.717) is 10.7 Å². The van der Waals surface area contributed by atoms with Gasteiger partial charge in [-0.3, -0.25) is 15.0 Å². The van der Waals surface area contributed by atoms with Crippen molar-refractivity contribution in [1.29, 1.82) is 0 Å². The van der Waals surface area contributed by atoms with Gasteiger partial charge >= 0.3 is 0 Å². The molecule has 0 radical (unpaired) electrons. The molecule has 1 saturated heterocycles. The van der Waals surface area contributed by atoms with Crippen molar-refractivity contribution in [2.45, 2.75) is 32.2 Å². The van der Waals surface area contributed by atoms with Crippen molar-refractivity contribution in [3.8, 4) is 5.75 Å². The lowest BCUT2D eigenvalue weighted by Gasteiger charge is -2.17. The standard InChI is InChI=1S/C17H20ClN3O2S/c18-14-9-12(5-6-15(14)22)16(23)20-17-19-13(11-24-17)10-21-7-3-1-2-4-8-21/h5-6,9,11,22H,1-4,7-8,10H2,(H,19,20,23). The molecule has 24 heavy (non-hydrogen) atoms. The topological polar surface area (TPSA) is 65.5 Å². The number of aromatic hydroxyl groups is 1. The van der Waals surface area contributed by atoms with E-state index in [-0.39, 0.29) is 16.7 Å². The molecule has 0 spiro atoms. The van der Waals surface area contributed by atoms with E-state index in [4.69, 9.17) is 11.6 Å². The van der Waals surface area contributed by atoms with Crippen LogP contribution in [0.25, 0.3) is 0 Å². The Morgan fingerprint density at radius 2 is 2.04 bits per heavy atom. The maximum atomic E-state index is 12.2. The SMILES string of the molecule is O=C(Nc1nc(CN2CCCCCC2)cs1)c1ccc(O)c(Cl)c1. The van der Waals surface area contributed by atoms with Crippen LogP contribution in [-0.2, 0) is 6.54 Å². The van der Waals surface area contributed by atoms with E-state index >= 15 is 0 Å². The fraction of sp³-hybridized carbons (Fsp3) is 0.412. The summed E-state index contributed by atoms with van der Waals surface area (Å²) in [4.78, 5) is 19.2. The lowest BCUT2D eigenvalue weighted by molar-refractivity contribution is 0.102. The van der Waals surface area contributed by atoms with Gasteiger partial charge in [0.25, 0.3) is 5.91 Å². The summed E-state index contributed by atoms with van der Waals surface area (Å²) in [5, 5.41) is 14.9. The van der Waals surface area contributed by atoms with Gasteiger partial charge in [0.05, 0.1) is 10.7 Å². The predicted octanol–water partition coefficient (Wildman–Crippen LogP) is 4.13. The molecule has 0 bridgehead atoms. The van der Waals surface area contributed by atoms with Crippen molar-refractivity contribution in [3.63, 3.8) is 0 Å². The lowest BCUT2D eigenvalue weighted by atomic mass is 10.2. The Bertz CT molecular complexity index is 712. The highest BCUT2D eigenvalue weighted by molar-refractivity contribution is 7.14. The molecule has 2 aromatic rings. The molecule has 2 heterocycles. The first kappa shape index (κ1) is 17.2. The minimum absolute atomic E-state index is 0.0396. The number of amides is 1. The molecule has 0 aliphatic carbocycles. The van der Waals surface area contributed by atoms with Gasteiger partial charge in [-0.1, -0.05) is 24.4 Å². The zero-order valence-corrected chi connectivity index (χ0v) is 14.9. The molecule has 1 aromatic heterocycles. The van der Waals surface area contributed by atoms with Gasteiger partial charge in [-0.25, -0.2) is 4.98 Å². The van der Waals surface area contributed by atoms with Crippen LogP contribution in [0.2, 0.25) is 5.02 Å². The number of rotatable bonds is 4. The number of aromatic nitrogens is 1. The van der Waals surface area contributed by atoms with Crippen LogP contribution in [0.3, 0.4) is 0 Å². The largest absolute Gasteiger partial charge is 0.506 e. The van der Waals surface area contributed by atoms with Crippen LogP contribution < -0.4 is 5.32 Å². The predicted molar refractivity (Wildman–Crippen MR) is 96.9 cm³/mol. The highest BCUT2D eigenvalue weighted by Gasteiger charge is 2.14. The maximum absolute atomic E-state index is 12.2. The summed E-state index contributed by atoms with van der Waals surface area (Å²) in [5.74, 6) is -0.324. The third-order valence-electron chi connectivity index (χ3n) is 4.07. The van der Waals surface area contributed by atoms with Crippen LogP contribution in [0, 0.1) is 0 Å². The number of phenols is 1. The van der Waals surface area contributed by atoms with E-state index < -0.39 is 0 Å². The van der Waals surface area contributed by atoms with Crippen LogP contribution in [-0.4, -0.2) is 34.0 Å². The van der Waals surface area contributed by atoms with Gasteiger partial charge in [0.15, 0.2) is 5.13 Å². The van der Waals surface area contributed by atoms with Crippen LogP contribution in [0.5, 0.6) is 5.75 Å². The number of halogens is 1. The van der Waals surface area contributed by atoms with Gasteiger partial charge in [0.2, 0.25) is 0 Å². The fourth-order valence-electron chi connectivity index (χ4n) is 2.78. The molecule has 5 nitrogen and oxygen atoms in total. The van der Waals surface area contributed by atoms with E-state index in [9.17, 15) is 9.90 Å². The highest BCUT2D eigenvalue weighted by Crippen LogP contribution is 2.25. The number of phenolic OH excluding ortho intramolecular Hbond substituents is 1. The number of nitrogens with one attached hydrogen (secondary N) is 1. The molecule has 0 atom stereocenters. The molecule has 7 heteroatoms. The molecule has 1 aliphatic heterocycles. The first-order valence-corrected chi connectivity index (χ1v) is 9.34. The summed E-state index contributed by atoms with van der Waals surface area (Å²) in [5.41, 5.74) is 1.38. The summed E-state index contributed by atoms with van der Waals surface area (Å²) < 4.78 is 0. The fourth-order valence-corrected chi connectivity index (χ4v) is 3.65. The lowest BCUT2D eigenvalue weighted by Crippen LogP contribution is -2.24. The molecule has 0 saturated carbocycles. The summed E-state index contributed by atoms with van der Waals surface area (Å²) in [6, 6.07) is 4.38. The van der Waals surface area contributed by atoms with Crippen LogP contribution in [0.15, 0.2) is 23.6 Å². The quantitative estimate of drug-likeness (QED) is 0.854. The van der Waals surface area contributed by atoms with Crippen molar-refractivity contribution in [3.05, 3.63) is 39.9 Å². The van der Waals surface area contributed by atoms with E-state index in [1.165, 1.54) is 55.2 Å². The molecular weight excluding hydrogens is 346 g/mol. The monoisotopic (exact) mass is 365 g/mol. The van der Waals surface area contributed by atoms with Gasteiger partial charge in [-0.2, -0.15) is 0 Å². The van der Waals surface area contributed by atoms with Crippen molar-refractivity contribution in [2.24, 2.45) is 0 Å². The van der Waals surface area contributed by atoms with Crippen molar-refractivity contribution in [2.75, 3.05) is 18.4 Å². The number of anilines is 1. The number of thiazole rings is 1. The summed E-state index contributed by atoms with van der Waals surface area (Å²) in [6.07, 6.45) is 5.11. The summed E-state index contributed by atoms with van der Waals surface area (Å²) in [7, 11) is 0. The number of likely N-dealkylation sites (tertiary alicyclic amines) is 1. The van der Waals surface area contributed by atoms with Gasteiger partial charge in [-0.15, -0.1) is 11.3 Å². The summed E-state index contributed by atoms with van der Waals surface area (Å²) in [6.45, 7) is 3.06. The minimum atomic E-state index is -0.285. The van der Waals surface area contributed by atoms with Gasteiger partial charge in [0, 0.05) is 17.5 Å². The first-order chi connectivity index (χ1) is 11.6. The highest BCUT2D eigenvalue weighted by atomic mass is 35.5. The zero-order valence-electron chi connectivity index (χ0n) is 13.3. The Labute approximate surface area is 150 Å². The van der Waals surface area contributed by atoms with Crippen LogP contribution >= 0.6 is 22.9 Å². The van der Waals surface area contributed by atoms with E-state index in [2.05, 4.69) is 15.2 Å². The second-order valence-corrected chi connectivity index (χ2v) is 7.22. The Morgan fingerprint density at radius 1 is 1.29 bits per heavy atom. The van der Waals surface area contributed by atoms with Crippen molar-refractivity contribution < 1.29 is 9.90 Å². The third kappa shape index (κ3) is 4.47. The number of benzene rings is 1. The first-order valence-electron chi connectivity index (χ1n) is 8.08. The van der Waals surface area contributed by atoms with E-state index in [0.717, 1.165) is 25.3 Å². The Balaban J connectivity index is 1.60. The van der Waals surface area contributed by atoms with Crippen molar-refractivity contribution >= 4 is 34.0 Å². The van der Waals surface area contributed by atoms with Gasteiger partial charge in [-0.05, 0) is 44.1 Å². The number of hydrogen-bond acceptors (Lipinski definition) is 5. The summed E-state index contributed by atoms with van der Waals surface area (Å²) >= 11 is 7.26. The number of carbonyl (C=O) groups is 1. The number of hydrogen-bond donors (Lipinski definition) is 2. The van der Waals surface area contributed by atoms with Gasteiger partial charge < -0.3 is 5.11 Å². The molecule has 128 valence electrons. The van der Waals surface area contributed by atoms with Crippen LogP contribution in [0.1, 0.15) is 41.7 Å². The molecule has 1 aliphatic rings. The smallest absolute Gasteiger partial charge is 0.257 e. The van der Waals surface area contributed by atoms with E-state index in [1.807, 2.05) is 5.38 Å². The second-order valence-electron chi connectivity index (χ2n) is 5.95. The zero-order chi connectivity index (χ0) is 16.9. The maximum Gasteiger partial charge on any atom is 0.257 e. The Morgan fingerprint density at radius 3 is 2.75 bits per heavy atom. The average molecular weight is 366 g/mol. The Hall–Kier alpha value is -1.63. The molecule has 1 amide bonds. The molecule has 0 unspecified atom stereocenters. The molecule has 1 aromatic carbocycles. The number of carbonyl (C=O) groups excluding carboxylic acids is 1. The normalized spacial score (nSPS) is 15.9. The molecular formula is C17H20ClN3O2S. The minimum Gasteiger partial charge on any atom is -0.506 e. The molecule has 1 fully saturated rings. The second kappa shape index (κ2) is 7.96. The molecule has 3 rings (SSSR count). The number of nitrogens with zero attached hydrogens (tertiary/aromatic N) is 2. The van der Waals surface area contributed by atoms with Crippen LogP contribution in [0.4, 0.5) is 5.13 Å².